The molecule has 23 nitrogen and oxygen atoms in total. The Morgan fingerprint density at radius 3 is 2.38 bits per heavy atom. The molecule has 4 aromatic rings. The maximum Gasteiger partial charge on any atom is 0.479 e. The van der Waals surface area contributed by atoms with Crippen molar-refractivity contribution in [3.8, 4) is 0 Å². The standard InChI is InChI=1S/C21H29N10O13P3/c1-45(33,34)44-47(37,38)40-6-12-11(4-14(42-12)31-8-26-15-17(22)24-7-25-18(15)31)43-46(35,36)39-5-10-2-3-13(41-10)30-9-27-16-19(30)28-21(23)29-20(16)32/h7-14H,2-6H2,1H3,(H,33,34)(H,35,36)(H,37,38)(H2,22,24,25)(H3,23,28,29,32)/t10-,11-,12+,13+,14?/m0/s1. The first-order chi connectivity index (χ1) is 22.1. The molecule has 26 heteroatoms. The van der Waals surface area contributed by atoms with Gasteiger partial charge in [0.2, 0.25) is 5.95 Å². The van der Waals surface area contributed by atoms with Gasteiger partial charge >= 0.3 is 23.2 Å². The van der Waals surface area contributed by atoms with Gasteiger partial charge in [0.25, 0.3) is 5.56 Å². The predicted molar refractivity (Wildman–Crippen MR) is 157 cm³/mol. The van der Waals surface area contributed by atoms with E-state index in [4.69, 9.17) is 34.5 Å². The van der Waals surface area contributed by atoms with Crippen molar-refractivity contribution in [1.82, 2.24) is 39.0 Å². The normalized spacial score (nSPS) is 27.2. The molecule has 2 fully saturated rings. The highest BCUT2D eigenvalue weighted by molar-refractivity contribution is 7.63. The third-order valence-corrected chi connectivity index (χ3v) is 10.6. The molecule has 2 aliphatic rings. The Labute approximate surface area is 262 Å². The molecule has 4 aromatic heterocycles. The Hall–Kier alpha value is -3.17. The van der Waals surface area contributed by atoms with Crippen LogP contribution < -0.4 is 17.0 Å². The van der Waals surface area contributed by atoms with Crippen molar-refractivity contribution >= 4 is 57.3 Å². The summed E-state index contributed by atoms with van der Waals surface area (Å²) in [5, 5.41) is 0. The molecular weight excluding hydrogens is 693 g/mol. The Morgan fingerprint density at radius 2 is 1.64 bits per heavy atom. The first-order valence-corrected chi connectivity index (χ1v) is 18.7. The van der Waals surface area contributed by atoms with Crippen LogP contribution in [0.15, 0.2) is 23.8 Å². The summed E-state index contributed by atoms with van der Waals surface area (Å²) in [7, 11) is -14.3. The first kappa shape index (κ1) is 33.7. The number of nitrogen functional groups attached to an aromatic ring is 2. The summed E-state index contributed by atoms with van der Waals surface area (Å²) in [6.07, 6.45) is -0.246. The summed E-state index contributed by atoms with van der Waals surface area (Å²) in [6, 6.07) is 0. The van der Waals surface area contributed by atoms with Crippen molar-refractivity contribution in [2.24, 2.45) is 0 Å². The second-order valence-electron chi connectivity index (χ2n) is 10.6. The summed E-state index contributed by atoms with van der Waals surface area (Å²) in [5.74, 6) is -0.0141. The lowest BCUT2D eigenvalue weighted by Gasteiger charge is -2.23. The average Bonchev–Trinajstić information content (AvgIpc) is 3.75. The molecule has 2 saturated heterocycles. The highest BCUT2D eigenvalue weighted by Gasteiger charge is 2.44. The minimum Gasteiger partial charge on any atom is -0.382 e. The molecule has 4 unspecified atom stereocenters. The van der Waals surface area contributed by atoms with E-state index in [1.165, 1.54) is 28.1 Å². The second kappa shape index (κ2) is 12.7. The zero-order valence-electron chi connectivity index (χ0n) is 24.2. The van der Waals surface area contributed by atoms with Crippen LogP contribution in [0.5, 0.6) is 0 Å². The third kappa shape index (κ3) is 7.62. The number of nitrogens with one attached hydrogen (secondary N) is 1. The Morgan fingerprint density at radius 1 is 0.936 bits per heavy atom. The van der Waals surface area contributed by atoms with Crippen LogP contribution in [0.4, 0.5) is 11.8 Å². The van der Waals surface area contributed by atoms with E-state index >= 15 is 0 Å². The van der Waals surface area contributed by atoms with Crippen LogP contribution in [0, 0.1) is 0 Å². The minimum atomic E-state index is -5.07. The summed E-state index contributed by atoms with van der Waals surface area (Å²) < 4.78 is 71.4. The fourth-order valence-corrected chi connectivity index (χ4v) is 8.18. The van der Waals surface area contributed by atoms with E-state index in [-0.39, 0.29) is 47.1 Å². The zero-order chi connectivity index (χ0) is 33.7. The Bertz CT molecular complexity index is 2000. The number of H-pyrrole nitrogens is 1. The van der Waals surface area contributed by atoms with Crippen LogP contribution in [-0.4, -0.2) is 91.9 Å². The monoisotopic (exact) mass is 722 g/mol. The highest BCUT2D eigenvalue weighted by Crippen LogP contribution is 2.58. The molecule has 0 radical (unpaired) electrons. The smallest absolute Gasteiger partial charge is 0.382 e. The predicted octanol–water partition coefficient (Wildman–Crippen LogP) is 0.540. The molecule has 0 amide bonds. The van der Waals surface area contributed by atoms with E-state index in [2.05, 4.69) is 34.2 Å². The van der Waals surface area contributed by atoms with Crippen LogP contribution in [0.3, 0.4) is 0 Å². The van der Waals surface area contributed by atoms with Crippen LogP contribution >= 0.6 is 23.2 Å². The zero-order valence-corrected chi connectivity index (χ0v) is 26.9. The number of imidazole rings is 2. The van der Waals surface area contributed by atoms with Crippen LogP contribution in [0.2, 0.25) is 0 Å². The van der Waals surface area contributed by atoms with Gasteiger partial charge in [-0.1, -0.05) is 0 Å². The Kier molecular flexibility index (Phi) is 9.11. The molecule has 0 saturated carbocycles. The summed E-state index contributed by atoms with van der Waals surface area (Å²) in [6.45, 7) is -0.464. The van der Waals surface area contributed by atoms with Crippen LogP contribution in [0.1, 0.15) is 31.7 Å². The number of hydrogen-bond acceptors (Lipinski definition) is 17. The van der Waals surface area contributed by atoms with Gasteiger partial charge in [0, 0.05) is 13.1 Å². The third-order valence-electron chi connectivity index (χ3n) is 7.07. The van der Waals surface area contributed by atoms with Gasteiger partial charge in [-0.15, -0.1) is 0 Å². The van der Waals surface area contributed by atoms with Crippen LogP contribution in [-0.2, 0) is 41.1 Å². The number of rotatable bonds is 12. The van der Waals surface area contributed by atoms with Gasteiger partial charge in [0.05, 0.1) is 32.0 Å². The van der Waals surface area contributed by atoms with Gasteiger partial charge in [0.1, 0.15) is 36.5 Å². The Balaban J connectivity index is 1.13. The molecule has 2 aliphatic heterocycles. The van der Waals surface area contributed by atoms with Gasteiger partial charge in [0.15, 0.2) is 22.6 Å². The number of phosphoric acid groups is 2. The number of hydrogen-bond donors (Lipinski definition) is 6. The molecule has 0 aromatic carbocycles. The van der Waals surface area contributed by atoms with E-state index in [9.17, 15) is 33.2 Å². The van der Waals surface area contributed by atoms with Crippen LogP contribution in [0.25, 0.3) is 22.3 Å². The molecule has 0 aliphatic carbocycles. The molecule has 0 spiro atoms. The molecule has 6 heterocycles. The maximum absolute atomic E-state index is 13.1. The maximum atomic E-state index is 13.1. The summed E-state index contributed by atoms with van der Waals surface area (Å²) in [5.41, 5.74) is 11.8. The quantitative estimate of drug-likeness (QED) is 0.109. The van der Waals surface area contributed by atoms with Gasteiger partial charge < -0.3 is 35.6 Å². The first-order valence-electron chi connectivity index (χ1n) is 13.7. The summed E-state index contributed by atoms with van der Waals surface area (Å²) >= 11 is 0. The number of ether oxygens (including phenoxy) is 2. The molecule has 8 N–H and O–H groups in total. The number of phosphoric ester groups is 2. The lowest BCUT2D eigenvalue weighted by atomic mass is 10.2. The van der Waals surface area contributed by atoms with Gasteiger partial charge in [-0.25, -0.2) is 33.4 Å². The molecule has 256 valence electrons. The fraction of sp³-hybridized carbons (Fsp3) is 0.524. The van der Waals surface area contributed by atoms with Crippen molar-refractivity contribution in [3.63, 3.8) is 0 Å². The van der Waals surface area contributed by atoms with Crippen molar-refractivity contribution < 1.29 is 55.7 Å². The number of fused-ring (bicyclic) bond motifs is 2. The summed E-state index contributed by atoms with van der Waals surface area (Å²) in [4.78, 5) is 64.7. The number of aromatic amines is 1. The van der Waals surface area contributed by atoms with Gasteiger partial charge in [-0.2, -0.15) is 4.98 Å². The van der Waals surface area contributed by atoms with Crippen molar-refractivity contribution in [1.29, 1.82) is 0 Å². The van der Waals surface area contributed by atoms with Crippen molar-refractivity contribution in [2.75, 3.05) is 31.3 Å². The average molecular weight is 722 g/mol. The van der Waals surface area contributed by atoms with E-state index in [1.54, 1.807) is 0 Å². The lowest BCUT2D eigenvalue weighted by Crippen LogP contribution is -2.29. The molecule has 47 heavy (non-hydrogen) atoms. The van der Waals surface area contributed by atoms with Gasteiger partial charge in [-0.05, 0) is 12.8 Å². The number of aromatic nitrogens is 8. The van der Waals surface area contributed by atoms with Gasteiger partial charge in [-0.3, -0.25) is 37.0 Å². The van der Waals surface area contributed by atoms with E-state index in [1.807, 2.05) is 0 Å². The van der Waals surface area contributed by atoms with Crippen molar-refractivity contribution in [3.05, 3.63) is 29.3 Å². The molecule has 6 rings (SSSR count). The lowest BCUT2D eigenvalue weighted by molar-refractivity contribution is -0.0473. The number of nitrogens with zero attached hydrogens (tertiary/aromatic N) is 7. The van der Waals surface area contributed by atoms with E-state index in [0.29, 0.717) is 19.5 Å². The van der Waals surface area contributed by atoms with Crippen molar-refractivity contribution in [2.45, 2.75) is 50.0 Å². The highest BCUT2D eigenvalue weighted by atomic mass is 31.3. The minimum absolute atomic E-state index is 0.0650. The topological polar surface area (TPSA) is 326 Å². The molecular formula is C21H29N10O13P3. The number of nitrogens with two attached hydrogens (primary N) is 2. The van der Waals surface area contributed by atoms with E-state index in [0.717, 1.165) is 0 Å². The molecule has 0 bridgehead atoms. The second-order valence-corrected chi connectivity index (χ2v) is 15.4. The SMILES string of the molecule is CP(=O)(O)OP(=O)(O)OC[C@H]1OC(n2cnc3c(N)ncnc32)C[C@@H]1OP(=O)(O)OC[C@@H]1CC[C@H](n2cnc3c(=O)[nH]c(N)nc32)O1. The molecule has 8 atom stereocenters. The number of anilines is 2. The van der Waals surface area contributed by atoms with E-state index < -0.39 is 66.2 Å². The fourth-order valence-electron chi connectivity index (χ4n) is 5.14. The largest absolute Gasteiger partial charge is 0.479 e.